The molecule has 638 valence electrons. The van der Waals surface area contributed by atoms with Crippen LogP contribution in [0.3, 0.4) is 0 Å². The summed E-state index contributed by atoms with van der Waals surface area (Å²) in [4.78, 5) is 105. The average Bonchev–Trinajstić information content (AvgIpc) is 1.70. The number of hydrogen-bond acceptors (Lipinski definition) is 16. The number of likely N-dealkylation sites (N-methyl/N-ethyl adjacent to an activating group) is 2. The maximum atomic E-state index is 11.7. The Bertz CT molecular complexity index is 2810. The number of likely N-dealkylation sites (tertiary alicyclic amines) is 2. The molecule has 0 aromatic heterocycles. The Balaban J connectivity index is 0.000000146. The number of urea groups is 2. The van der Waals surface area contributed by atoms with E-state index in [2.05, 4.69) is 220 Å². The van der Waals surface area contributed by atoms with Crippen molar-refractivity contribution in [2.24, 2.45) is 23.7 Å². The van der Waals surface area contributed by atoms with Crippen LogP contribution in [0.4, 0.5) is 14.4 Å². The van der Waals surface area contributed by atoms with Crippen LogP contribution in [0.15, 0.2) is 0 Å². The number of nitrogens with zero attached hydrogens (tertiary/aromatic N) is 16. The Morgan fingerprint density at radius 2 is 0.532 bits per heavy atom. The largest absolute Gasteiger partial charge is 0.447 e. The molecular formula is C87H162N16O8. The van der Waals surface area contributed by atoms with Crippen LogP contribution in [0.25, 0.3) is 0 Å². The summed E-state index contributed by atoms with van der Waals surface area (Å²) in [5.74, 6) is 4.86. The summed E-state index contributed by atoms with van der Waals surface area (Å²) in [5, 5.41) is 0. The second kappa shape index (κ2) is 36.4. The van der Waals surface area contributed by atoms with Crippen molar-refractivity contribution in [3.8, 4) is 0 Å². The van der Waals surface area contributed by atoms with Gasteiger partial charge in [-0.3, -0.25) is 58.5 Å². The van der Waals surface area contributed by atoms with Gasteiger partial charge in [0.25, 0.3) is 0 Å². The average molecular weight is 1560 g/mol. The lowest BCUT2D eigenvalue weighted by Crippen LogP contribution is -2.57. The van der Waals surface area contributed by atoms with Crippen LogP contribution in [0.1, 0.15) is 230 Å². The van der Waals surface area contributed by atoms with Gasteiger partial charge >= 0.3 is 18.2 Å². The van der Waals surface area contributed by atoms with Crippen molar-refractivity contribution in [1.29, 1.82) is 0 Å². The number of piperidine rings is 1. The van der Waals surface area contributed by atoms with Gasteiger partial charge in [0.15, 0.2) is 0 Å². The van der Waals surface area contributed by atoms with Crippen molar-refractivity contribution in [1.82, 2.24) is 78.4 Å². The zero-order valence-corrected chi connectivity index (χ0v) is 75.4. The van der Waals surface area contributed by atoms with E-state index in [4.69, 9.17) is 9.47 Å². The highest BCUT2D eigenvalue weighted by Gasteiger charge is 2.47. The van der Waals surface area contributed by atoms with Gasteiger partial charge in [-0.2, -0.15) is 0 Å². The predicted octanol–water partition coefficient (Wildman–Crippen LogP) is 10.1. The number of cyclic esters (lactones) is 1. The second-order valence-electron chi connectivity index (χ2n) is 43.5. The van der Waals surface area contributed by atoms with Gasteiger partial charge in [-0.1, -0.05) is 6.42 Å². The minimum absolute atomic E-state index is 0.136. The Morgan fingerprint density at radius 1 is 0.252 bits per heavy atom. The smallest absolute Gasteiger partial charge is 0.410 e. The molecule has 16 aliphatic rings. The standard InChI is InChI=1S/2C11H21N3O.3C11H20N2O.C11H21NO.C11H21N.C10H18N2O2/c2*1-11(2,3)13-5-6-14-9(8-13)7-12(4)10(14)15;3*1-11(2,3)12-6-7-13-9(8-12)4-5-10(13)14;1-11(2,3)12-5-4-9-7-13-8-10(9)6-12;1-11(2,3)12-7-9-5-4-6-10(9)8-12;1-10(2,3)11-4-5-12-8(6-11)7-14-9(12)13/h2*9H,5-8H2,1-4H3;3*9H,4-8H2,1-3H3;9-10H,4-8H2,1-3H3;9-10H,4-8H2,1-3H3;8H,4-7H2,1-3H3/t4*9-;;;;8-/m1010...0/s1. The lowest BCUT2D eigenvalue weighted by atomic mass is 9.86. The third-order valence-corrected chi connectivity index (χ3v) is 27.6. The normalized spacial score (nSPS) is 30.8. The number of hydrogen-bond donors (Lipinski definition) is 0. The Labute approximate surface area is 674 Å². The van der Waals surface area contributed by atoms with Crippen molar-refractivity contribution in [2.45, 2.75) is 311 Å². The molecule has 8 amide bonds. The first-order chi connectivity index (χ1) is 51.4. The molecule has 0 spiro atoms. The topological polar surface area (TPSA) is 173 Å². The lowest BCUT2D eigenvalue weighted by Gasteiger charge is -2.44. The van der Waals surface area contributed by atoms with Crippen molar-refractivity contribution in [3.63, 3.8) is 0 Å². The summed E-state index contributed by atoms with van der Waals surface area (Å²) in [5.41, 5.74) is 2.12. The van der Waals surface area contributed by atoms with Gasteiger partial charge in [0.1, 0.15) is 6.61 Å². The lowest BCUT2D eigenvalue weighted by molar-refractivity contribution is -0.132. The maximum Gasteiger partial charge on any atom is 0.410 e. The van der Waals surface area contributed by atoms with Crippen molar-refractivity contribution in [3.05, 3.63) is 0 Å². The van der Waals surface area contributed by atoms with E-state index in [0.717, 1.165) is 206 Å². The van der Waals surface area contributed by atoms with Gasteiger partial charge in [-0.15, -0.1) is 0 Å². The van der Waals surface area contributed by atoms with Gasteiger partial charge in [0.05, 0.1) is 24.7 Å². The van der Waals surface area contributed by atoms with Gasteiger partial charge < -0.3 is 43.8 Å². The molecular weight excluding hydrogens is 1400 g/mol. The van der Waals surface area contributed by atoms with Crippen LogP contribution in [0, 0.1) is 23.7 Å². The Kier molecular flexibility index (Phi) is 29.8. The first-order valence-corrected chi connectivity index (χ1v) is 43.8. The zero-order valence-electron chi connectivity index (χ0n) is 75.4. The van der Waals surface area contributed by atoms with Crippen molar-refractivity contribution >= 4 is 35.9 Å². The fraction of sp³-hybridized carbons (Fsp3) is 0.931. The monoisotopic (exact) mass is 1560 g/mol. The molecule has 1 saturated carbocycles. The summed E-state index contributed by atoms with van der Waals surface area (Å²) in [6.45, 7) is 81.4. The molecule has 111 heavy (non-hydrogen) atoms. The van der Waals surface area contributed by atoms with E-state index in [1.54, 1.807) is 0 Å². The molecule has 5 unspecified atom stereocenters. The molecule has 0 N–H and O–H groups in total. The summed E-state index contributed by atoms with van der Waals surface area (Å²) in [6, 6.07) is 2.96. The molecule has 0 aromatic carbocycles. The second-order valence-corrected chi connectivity index (χ2v) is 43.5. The van der Waals surface area contributed by atoms with Crippen LogP contribution < -0.4 is 0 Å². The minimum atomic E-state index is -0.136. The SMILES string of the molecule is CC(C)(C)N1CC2CCCC2C1.CC(C)(C)N1CCC2COCC2C1.CC(C)(C)N1CCN2C(=O)CCC2C1.CC(C)(C)N1CCN2C(=O)CC[C@@H]2C1.CC(C)(C)N1CCN2C(=O)CC[C@H]2C1.CC(C)(C)N1CCN2C(=O)OC[C@@H]2C1.CN1C[C@@H]2CN(C(C)(C)C)CCN2C1=O.CN1C[C@H]2CN(C(C)(C)C)CCN2C1=O. The van der Waals surface area contributed by atoms with E-state index < -0.39 is 0 Å². The van der Waals surface area contributed by atoms with Gasteiger partial charge in [-0.05, 0) is 229 Å². The molecule has 24 nitrogen and oxygen atoms in total. The van der Waals surface area contributed by atoms with Crippen LogP contribution >= 0.6 is 0 Å². The van der Waals surface area contributed by atoms with Crippen LogP contribution in [0.5, 0.6) is 0 Å². The highest BCUT2D eigenvalue weighted by atomic mass is 16.6. The fourth-order valence-corrected chi connectivity index (χ4v) is 19.7. The van der Waals surface area contributed by atoms with Gasteiger partial charge in [-0.25, -0.2) is 14.4 Å². The van der Waals surface area contributed by atoms with Crippen molar-refractivity contribution < 1.29 is 38.2 Å². The number of ether oxygens (including phenoxy) is 2. The molecule has 1 aliphatic carbocycles. The fourth-order valence-electron chi connectivity index (χ4n) is 19.7. The quantitative estimate of drug-likeness (QED) is 0.224. The summed E-state index contributed by atoms with van der Waals surface area (Å²) >= 11 is 0. The molecule has 16 fully saturated rings. The first kappa shape index (κ1) is 90.8. The number of amides is 8. The number of rotatable bonds is 0. The molecule has 10 atom stereocenters. The third-order valence-electron chi connectivity index (χ3n) is 27.6. The van der Waals surface area contributed by atoms with Gasteiger partial charge in [0.2, 0.25) is 17.7 Å². The molecule has 15 heterocycles. The van der Waals surface area contributed by atoms with Crippen LogP contribution in [-0.4, -0.2) is 386 Å². The van der Waals surface area contributed by atoms with Gasteiger partial charge in [0, 0.05) is 259 Å². The molecule has 0 radical (unpaired) electrons. The number of carbonyl (C=O) groups excluding carboxylic acids is 6. The Hall–Kier alpha value is -4.14. The van der Waals surface area contributed by atoms with E-state index in [1.165, 1.54) is 51.9 Å². The predicted molar refractivity (Wildman–Crippen MR) is 447 cm³/mol. The molecule has 0 bridgehead atoms. The van der Waals surface area contributed by atoms with E-state index in [9.17, 15) is 28.8 Å². The molecule has 15 aliphatic heterocycles. The highest BCUT2D eigenvalue weighted by molar-refractivity contribution is 5.80. The summed E-state index contributed by atoms with van der Waals surface area (Å²) in [7, 11) is 3.78. The van der Waals surface area contributed by atoms with Crippen LogP contribution in [0.2, 0.25) is 0 Å². The molecule has 0 aromatic rings. The number of carbonyl (C=O) groups is 6. The van der Waals surface area contributed by atoms with E-state index in [1.807, 2.05) is 38.6 Å². The van der Waals surface area contributed by atoms with Crippen molar-refractivity contribution in [2.75, 3.05) is 191 Å². The van der Waals surface area contributed by atoms with E-state index in [-0.39, 0.29) is 57.4 Å². The number of fused-ring (bicyclic) bond motifs is 8. The zero-order chi connectivity index (χ0) is 82.1. The highest BCUT2D eigenvalue weighted by Crippen LogP contribution is 2.41. The summed E-state index contributed by atoms with van der Waals surface area (Å²) < 4.78 is 10.5. The maximum absolute atomic E-state index is 11.7. The Morgan fingerprint density at radius 3 is 0.865 bits per heavy atom. The summed E-state index contributed by atoms with van der Waals surface area (Å²) in [6.07, 6.45) is 11.2. The first-order valence-electron chi connectivity index (χ1n) is 43.8. The van der Waals surface area contributed by atoms with Crippen LogP contribution in [-0.2, 0) is 23.9 Å². The van der Waals surface area contributed by atoms with E-state index in [0.29, 0.717) is 65.6 Å². The van der Waals surface area contributed by atoms with E-state index >= 15 is 0 Å². The molecule has 24 heteroatoms. The molecule has 15 saturated heterocycles. The molecule has 16 rings (SSSR count). The number of piperazine rings is 6. The minimum Gasteiger partial charge on any atom is -0.447 e. The third kappa shape index (κ3) is 23.8.